The van der Waals surface area contributed by atoms with Gasteiger partial charge in [-0.3, -0.25) is 4.99 Å². The molecule has 0 radical (unpaired) electrons. The minimum absolute atomic E-state index is 0.898. The van der Waals surface area contributed by atoms with Gasteiger partial charge in [-0.15, -0.1) is 0 Å². The van der Waals surface area contributed by atoms with Crippen LogP contribution in [0.2, 0.25) is 0 Å². The second-order valence-electron chi connectivity index (χ2n) is 2.91. The van der Waals surface area contributed by atoms with Gasteiger partial charge >= 0.3 is 0 Å². The van der Waals surface area contributed by atoms with E-state index < -0.39 is 0 Å². The average Bonchev–Trinajstić information content (AvgIpc) is 2.66. The van der Waals surface area contributed by atoms with Crippen molar-refractivity contribution in [1.29, 1.82) is 0 Å². The van der Waals surface area contributed by atoms with Gasteiger partial charge < -0.3 is 10.2 Å². The zero-order valence-electron chi connectivity index (χ0n) is 5.17. The average molecular weight is 123 g/mol. The highest BCUT2D eigenvalue weighted by Gasteiger charge is 2.64. The summed E-state index contributed by atoms with van der Waals surface area (Å²) in [4.78, 5) is 6.68. The SMILES string of the molecule is C1CNC(N2C3CC32)=N1. The number of likely N-dealkylation sites (tertiary alicyclic amines) is 1. The van der Waals surface area contributed by atoms with Crippen LogP contribution in [0.25, 0.3) is 0 Å². The lowest BCUT2D eigenvalue weighted by molar-refractivity contribution is 0.584. The third-order valence-electron chi connectivity index (χ3n) is 2.25. The number of nitrogens with zero attached hydrogens (tertiary/aromatic N) is 2. The van der Waals surface area contributed by atoms with E-state index in [9.17, 15) is 0 Å². The summed E-state index contributed by atoms with van der Waals surface area (Å²) in [6, 6.07) is 1.80. The first-order valence-corrected chi connectivity index (χ1v) is 3.53. The molecule has 2 atom stereocenters. The van der Waals surface area contributed by atoms with Gasteiger partial charge in [0, 0.05) is 6.54 Å². The van der Waals surface area contributed by atoms with Crippen molar-refractivity contribution in [1.82, 2.24) is 10.2 Å². The zero-order valence-corrected chi connectivity index (χ0v) is 5.17. The monoisotopic (exact) mass is 123 g/mol. The Bertz CT molecular complexity index is 179. The Hall–Kier alpha value is -0.730. The van der Waals surface area contributed by atoms with Crippen LogP contribution in [0.1, 0.15) is 6.42 Å². The summed E-state index contributed by atoms with van der Waals surface area (Å²) in [6.45, 7) is 2.02. The summed E-state index contributed by atoms with van der Waals surface area (Å²) in [5, 5.41) is 3.26. The van der Waals surface area contributed by atoms with Crippen LogP contribution in [0.4, 0.5) is 0 Å². The highest BCUT2D eigenvalue weighted by atomic mass is 15.5. The first-order valence-electron chi connectivity index (χ1n) is 3.53. The zero-order chi connectivity index (χ0) is 5.84. The fourth-order valence-corrected chi connectivity index (χ4v) is 1.47. The third-order valence-corrected chi connectivity index (χ3v) is 2.25. The lowest BCUT2D eigenvalue weighted by Crippen LogP contribution is -2.30. The molecular weight excluding hydrogens is 114 g/mol. The topological polar surface area (TPSA) is 27.4 Å². The number of hydrogen-bond acceptors (Lipinski definition) is 3. The van der Waals surface area contributed by atoms with Crippen molar-refractivity contribution in [2.75, 3.05) is 13.1 Å². The Balaban J connectivity index is 1.78. The Morgan fingerprint density at radius 3 is 2.89 bits per heavy atom. The van der Waals surface area contributed by atoms with E-state index in [0.29, 0.717) is 0 Å². The molecule has 3 nitrogen and oxygen atoms in total. The van der Waals surface area contributed by atoms with Crippen molar-refractivity contribution >= 4 is 5.96 Å². The van der Waals surface area contributed by atoms with Gasteiger partial charge in [-0.05, 0) is 6.42 Å². The molecule has 0 amide bonds. The summed E-state index contributed by atoms with van der Waals surface area (Å²) in [5.74, 6) is 1.16. The Kier molecular flexibility index (Phi) is 0.497. The normalized spacial score (nSPS) is 43.6. The maximum atomic E-state index is 4.31. The Morgan fingerprint density at radius 1 is 1.56 bits per heavy atom. The largest absolute Gasteiger partial charge is 0.354 e. The van der Waals surface area contributed by atoms with Crippen molar-refractivity contribution < 1.29 is 0 Å². The van der Waals surface area contributed by atoms with Crippen molar-refractivity contribution in [3.8, 4) is 0 Å². The minimum Gasteiger partial charge on any atom is -0.354 e. The van der Waals surface area contributed by atoms with Crippen LogP contribution < -0.4 is 5.32 Å². The Morgan fingerprint density at radius 2 is 2.44 bits per heavy atom. The van der Waals surface area contributed by atoms with Gasteiger partial charge in [-0.25, -0.2) is 0 Å². The van der Waals surface area contributed by atoms with E-state index >= 15 is 0 Å². The summed E-state index contributed by atoms with van der Waals surface area (Å²) in [5.41, 5.74) is 0. The second kappa shape index (κ2) is 1.08. The lowest BCUT2D eigenvalue weighted by atomic mass is 10.6. The molecule has 48 valence electrons. The molecular formula is C6H9N3. The molecule has 3 rings (SSSR count). The number of guanidine groups is 1. The molecule has 1 saturated carbocycles. The van der Waals surface area contributed by atoms with E-state index in [1.807, 2.05) is 0 Å². The van der Waals surface area contributed by atoms with Gasteiger partial charge in [0.2, 0.25) is 0 Å². The maximum absolute atomic E-state index is 4.31. The van der Waals surface area contributed by atoms with Gasteiger partial charge in [-0.2, -0.15) is 0 Å². The number of nitrogens with one attached hydrogen (secondary N) is 1. The third kappa shape index (κ3) is 0.407. The second-order valence-corrected chi connectivity index (χ2v) is 2.91. The van der Waals surface area contributed by atoms with E-state index in [0.717, 1.165) is 31.1 Å². The van der Waals surface area contributed by atoms with Crippen molar-refractivity contribution in [3.05, 3.63) is 0 Å². The molecule has 0 aromatic rings. The standard InChI is InChI=1S/C6H9N3/c1-2-8-6(7-1)9-4-3-5(4)9/h4-5H,1-3H2,(H,7,8). The fourth-order valence-electron chi connectivity index (χ4n) is 1.47. The summed E-state index contributed by atoms with van der Waals surface area (Å²) >= 11 is 0. The van der Waals surface area contributed by atoms with E-state index in [1.165, 1.54) is 6.42 Å². The molecule has 0 aromatic carbocycles. The fraction of sp³-hybridized carbons (Fsp3) is 0.833. The molecule has 3 aliphatic rings. The Labute approximate surface area is 53.8 Å². The van der Waals surface area contributed by atoms with Crippen LogP contribution in [0, 0.1) is 0 Å². The summed E-state index contributed by atoms with van der Waals surface area (Å²) < 4.78 is 0. The van der Waals surface area contributed by atoms with Crippen LogP contribution in [0.5, 0.6) is 0 Å². The van der Waals surface area contributed by atoms with Crippen molar-refractivity contribution in [2.24, 2.45) is 4.99 Å². The molecule has 9 heavy (non-hydrogen) atoms. The molecule has 2 unspecified atom stereocenters. The van der Waals surface area contributed by atoms with Crippen molar-refractivity contribution in [2.45, 2.75) is 18.5 Å². The van der Waals surface area contributed by atoms with Crippen LogP contribution in [-0.4, -0.2) is 36.0 Å². The maximum Gasteiger partial charge on any atom is 0.194 e. The van der Waals surface area contributed by atoms with Gasteiger partial charge in [0.05, 0.1) is 18.6 Å². The van der Waals surface area contributed by atoms with Gasteiger partial charge in [0.15, 0.2) is 5.96 Å². The first-order chi connectivity index (χ1) is 4.47. The predicted molar refractivity (Wildman–Crippen MR) is 34.3 cm³/mol. The number of fused-ring (bicyclic) bond motifs is 1. The number of aliphatic imine (C=N–C) groups is 1. The van der Waals surface area contributed by atoms with Gasteiger partial charge in [-0.1, -0.05) is 0 Å². The van der Waals surface area contributed by atoms with Crippen LogP contribution >= 0.6 is 0 Å². The molecule has 0 aromatic heterocycles. The van der Waals surface area contributed by atoms with E-state index in [4.69, 9.17) is 0 Å². The summed E-state index contributed by atoms with van der Waals surface area (Å²) in [6.07, 6.45) is 1.42. The molecule has 1 N–H and O–H groups in total. The molecule has 1 aliphatic carbocycles. The quantitative estimate of drug-likeness (QED) is 0.436. The molecule has 3 heteroatoms. The van der Waals surface area contributed by atoms with Crippen LogP contribution in [-0.2, 0) is 0 Å². The summed E-state index contributed by atoms with van der Waals surface area (Å²) in [7, 11) is 0. The first kappa shape index (κ1) is 4.14. The van der Waals surface area contributed by atoms with Gasteiger partial charge in [0.25, 0.3) is 0 Å². The van der Waals surface area contributed by atoms with Crippen LogP contribution in [0.3, 0.4) is 0 Å². The molecule has 0 spiro atoms. The number of hydrogen-bond donors (Lipinski definition) is 1. The minimum atomic E-state index is 0.898. The van der Waals surface area contributed by atoms with E-state index in [-0.39, 0.29) is 0 Å². The highest BCUT2D eigenvalue weighted by Crippen LogP contribution is 2.50. The smallest absolute Gasteiger partial charge is 0.194 e. The van der Waals surface area contributed by atoms with Crippen molar-refractivity contribution in [3.63, 3.8) is 0 Å². The molecule has 2 aliphatic heterocycles. The van der Waals surface area contributed by atoms with Gasteiger partial charge in [0.1, 0.15) is 0 Å². The lowest BCUT2D eigenvalue weighted by Gasteiger charge is -2.08. The molecule has 0 bridgehead atoms. The predicted octanol–water partition coefficient (Wildman–Crippen LogP) is -0.598. The molecule has 1 saturated heterocycles. The number of rotatable bonds is 0. The van der Waals surface area contributed by atoms with E-state index in [2.05, 4.69) is 15.2 Å². The highest BCUT2D eigenvalue weighted by molar-refractivity contribution is 5.86. The van der Waals surface area contributed by atoms with E-state index in [1.54, 1.807) is 0 Å². The molecule has 2 fully saturated rings. The van der Waals surface area contributed by atoms with Crippen LogP contribution in [0.15, 0.2) is 4.99 Å². The molecule has 2 heterocycles.